The van der Waals surface area contributed by atoms with Gasteiger partial charge in [-0.25, -0.2) is 0 Å². The smallest absolute Gasteiger partial charge is 0.316 e. The number of anilines is 1. The molecule has 0 aliphatic heterocycles. The van der Waals surface area contributed by atoms with Crippen molar-refractivity contribution in [3.05, 3.63) is 41.9 Å². The molecule has 0 fully saturated rings. The van der Waals surface area contributed by atoms with Crippen LogP contribution in [0.25, 0.3) is 0 Å². The first-order chi connectivity index (χ1) is 11.0. The van der Waals surface area contributed by atoms with Crippen LogP contribution in [0.1, 0.15) is 0 Å². The van der Waals surface area contributed by atoms with Crippen molar-refractivity contribution in [2.24, 2.45) is 0 Å². The lowest BCUT2D eigenvalue weighted by Crippen LogP contribution is -2.29. The van der Waals surface area contributed by atoms with E-state index in [1.54, 1.807) is 24.3 Å². The zero-order valence-corrected chi connectivity index (χ0v) is 13.9. The fraction of sp³-hybridized carbons (Fsp3) is 0.267. The monoisotopic (exact) mass is 356 g/mol. The number of halogens is 1. The van der Waals surface area contributed by atoms with Gasteiger partial charge in [-0.2, -0.15) is 0 Å². The third-order valence-electron chi connectivity index (χ3n) is 2.39. The molecule has 2 amide bonds. The van der Waals surface area contributed by atoms with Gasteiger partial charge in [0.1, 0.15) is 0 Å². The summed E-state index contributed by atoms with van der Waals surface area (Å²) in [5.41, 5.74) is 0.626. The van der Waals surface area contributed by atoms with Gasteiger partial charge in [0.05, 0.1) is 11.5 Å². The topological polar surface area (TPSA) is 84.5 Å². The maximum atomic E-state index is 11.7. The molecule has 2 N–H and O–H groups in total. The summed E-state index contributed by atoms with van der Waals surface area (Å²) in [7, 11) is 0. The molecule has 0 heterocycles. The first kappa shape index (κ1) is 19.1. The largest absolute Gasteiger partial charge is 0.455 e. The molecular formula is C15H17ClN2O4S. The average Bonchev–Trinajstić information content (AvgIpc) is 2.53. The fourth-order valence-corrected chi connectivity index (χ4v) is 2.12. The Kier molecular flexibility index (Phi) is 8.86. The van der Waals surface area contributed by atoms with Crippen LogP contribution >= 0.6 is 23.4 Å². The van der Waals surface area contributed by atoms with Crippen molar-refractivity contribution in [2.45, 2.75) is 0 Å². The van der Waals surface area contributed by atoms with Gasteiger partial charge < -0.3 is 15.4 Å². The molecule has 0 saturated carbocycles. The number of amides is 2. The molecule has 0 saturated heterocycles. The van der Waals surface area contributed by atoms with E-state index in [2.05, 4.69) is 17.2 Å². The van der Waals surface area contributed by atoms with Gasteiger partial charge in [0.15, 0.2) is 6.61 Å². The molecule has 23 heavy (non-hydrogen) atoms. The molecule has 0 unspecified atom stereocenters. The van der Waals surface area contributed by atoms with E-state index in [0.717, 1.165) is 11.8 Å². The van der Waals surface area contributed by atoms with Crippen LogP contribution in [0.15, 0.2) is 36.9 Å². The van der Waals surface area contributed by atoms with Crippen LogP contribution in [0.2, 0.25) is 5.02 Å². The number of ether oxygens (including phenoxy) is 1. The summed E-state index contributed by atoms with van der Waals surface area (Å²) in [6.07, 6.45) is 1.52. The third-order valence-corrected chi connectivity index (χ3v) is 3.55. The van der Waals surface area contributed by atoms with E-state index in [-0.39, 0.29) is 24.0 Å². The normalized spacial score (nSPS) is 9.78. The molecule has 1 aromatic rings. The molecule has 0 radical (unpaired) electrons. The zero-order valence-electron chi connectivity index (χ0n) is 12.3. The summed E-state index contributed by atoms with van der Waals surface area (Å²) in [5, 5.41) is 5.73. The van der Waals surface area contributed by atoms with Crippen molar-refractivity contribution in [1.82, 2.24) is 5.32 Å². The lowest BCUT2D eigenvalue weighted by Gasteiger charge is -2.06. The van der Waals surface area contributed by atoms with Crippen LogP contribution in [0.4, 0.5) is 5.69 Å². The quantitative estimate of drug-likeness (QED) is 0.521. The Morgan fingerprint density at radius 3 is 2.52 bits per heavy atom. The van der Waals surface area contributed by atoms with Gasteiger partial charge in [-0.3, -0.25) is 14.4 Å². The van der Waals surface area contributed by atoms with Crippen LogP contribution in [-0.2, 0) is 19.1 Å². The first-order valence-corrected chi connectivity index (χ1v) is 8.21. The van der Waals surface area contributed by atoms with Crippen molar-refractivity contribution < 1.29 is 19.1 Å². The molecule has 8 heteroatoms. The number of thioether (sulfide) groups is 1. The second kappa shape index (κ2) is 10.7. The third kappa shape index (κ3) is 8.90. The van der Waals surface area contributed by atoms with Crippen molar-refractivity contribution in [1.29, 1.82) is 0 Å². The van der Waals surface area contributed by atoms with Gasteiger partial charge in [-0.1, -0.05) is 17.7 Å². The van der Waals surface area contributed by atoms with Gasteiger partial charge in [0, 0.05) is 17.3 Å². The number of rotatable bonds is 9. The Balaban J connectivity index is 2.16. The zero-order chi connectivity index (χ0) is 17.1. The summed E-state index contributed by atoms with van der Waals surface area (Å²) in [6, 6.07) is 6.69. The Morgan fingerprint density at radius 2 is 1.87 bits per heavy atom. The Hall–Kier alpha value is -1.99. The standard InChI is InChI=1S/C15H17ClN2O4S/c1-2-7-17-13(19)8-22-15(21)10-23-9-14(20)18-12-5-3-11(16)4-6-12/h2-6H,1,7-10H2,(H,17,19)(H,18,20). The van der Waals surface area contributed by atoms with Crippen molar-refractivity contribution in [2.75, 3.05) is 30.0 Å². The summed E-state index contributed by atoms with van der Waals surface area (Å²) >= 11 is 6.85. The van der Waals surface area contributed by atoms with E-state index >= 15 is 0 Å². The predicted octanol–water partition coefficient (Wildman–Crippen LogP) is 1.86. The van der Waals surface area contributed by atoms with Crippen LogP contribution < -0.4 is 10.6 Å². The van der Waals surface area contributed by atoms with Crippen LogP contribution in [0.5, 0.6) is 0 Å². The minimum Gasteiger partial charge on any atom is -0.455 e. The minimum absolute atomic E-state index is 0.0111. The molecule has 124 valence electrons. The highest BCUT2D eigenvalue weighted by Crippen LogP contribution is 2.13. The predicted molar refractivity (Wildman–Crippen MR) is 91.6 cm³/mol. The van der Waals surface area contributed by atoms with Crippen LogP contribution in [0, 0.1) is 0 Å². The SMILES string of the molecule is C=CCNC(=O)COC(=O)CSCC(=O)Nc1ccc(Cl)cc1. The average molecular weight is 357 g/mol. The Labute approximate surface area is 143 Å². The molecule has 1 rings (SSSR count). The molecule has 0 atom stereocenters. The van der Waals surface area contributed by atoms with Gasteiger partial charge in [0.25, 0.3) is 5.91 Å². The van der Waals surface area contributed by atoms with Crippen molar-refractivity contribution in [3.8, 4) is 0 Å². The van der Waals surface area contributed by atoms with Crippen LogP contribution in [0.3, 0.4) is 0 Å². The molecule has 0 aliphatic rings. The van der Waals surface area contributed by atoms with E-state index < -0.39 is 11.9 Å². The number of esters is 1. The first-order valence-electron chi connectivity index (χ1n) is 6.67. The van der Waals surface area contributed by atoms with Crippen molar-refractivity contribution in [3.63, 3.8) is 0 Å². The molecular weight excluding hydrogens is 340 g/mol. The highest BCUT2D eigenvalue weighted by molar-refractivity contribution is 8.00. The Bertz CT molecular complexity index is 563. The highest BCUT2D eigenvalue weighted by atomic mass is 35.5. The van der Waals surface area contributed by atoms with E-state index in [1.807, 2.05) is 0 Å². The molecule has 0 spiro atoms. The highest BCUT2D eigenvalue weighted by Gasteiger charge is 2.09. The second-order valence-electron chi connectivity index (χ2n) is 4.30. The van der Waals surface area contributed by atoms with E-state index in [0.29, 0.717) is 17.3 Å². The van der Waals surface area contributed by atoms with Gasteiger partial charge >= 0.3 is 5.97 Å². The lowest BCUT2D eigenvalue weighted by atomic mass is 10.3. The maximum Gasteiger partial charge on any atom is 0.316 e. The van der Waals surface area contributed by atoms with E-state index in [9.17, 15) is 14.4 Å². The summed E-state index contributed by atoms with van der Waals surface area (Å²) in [6.45, 7) is 3.42. The second-order valence-corrected chi connectivity index (χ2v) is 5.72. The fourth-order valence-electron chi connectivity index (χ4n) is 1.38. The van der Waals surface area contributed by atoms with E-state index in [1.165, 1.54) is 6.08 Å². The number of nitrogens with one attached hydrogen (secondary N) is 2. The van der Waals surface area contributed by atoms with Crippen molar-refractivity contribution >= 4 is 46.8 Å². The Morgan fingerprint density at radius 1 is 1.17 bits per heavy atom. The molecule has 1 aromatic carbocycles. The number of carbonyl (C=O) groups is 3. The van der Waals surface area contributed by atoms with Gasteiger partial charge in [0.2, 0.25) is 5.91 Å². The number of carbonyl (C=O) groups excluding carboxylic acids is 3. The summed E-state index contributed by atoms with van der Waals surface area (Å²) < 4.78 is 4.76. The van der Waals surface area contributed by atoms with Gasteiger partial charge in [-0.05, 0) is 24.3 Å². The summed E-state index contributed by atoms with van der Waals surface area (Å²) in [4.78, 5) is 34.3. The molecule has 0 aliphatic carbocycles. The maximum absolute atomic E-state index is 11.7. The number of hydrogen-bond acceptors (Lipinski definition) is 5. The summed E-state index contributed by atoms with van der Waals surface area (Å²) in [5.74, 6) is -1.11. The van der Waals surface area contributed by atoms with Crippen LogP contribution in [-0.4, -0.2) is 42.4 Å². The van der Waals surface area contributed by atoms with Gasteiger partial charge in [-0.15, -0.1) is 18.3 Å². The number of hydrogen-bond donors (Lipinski definition) is 2. The molecule has 6 nitrogen and oxygen atoms in total. The minimum atomic E-state index is -0.553. The number of benzene rings is 1. The van der Waals surface area contributed by atoms with E-state index in [4.69, 9.17) is 16.3 Å². The lowest BCUT2D eigenvalue weighted by molar-refractivity contribution is -0.145. The molecule has 0 aromatic heterocycles. The molecule has 0 bridgehead atoms.